The number of thioether (sulfide) groups is 1. The number of carbonyl (C=O) groups excluding carboxylic acids is 1. The highest BCUT2D eigenvalue weighted by atomic mass is 32.2. The number of nitrogens with one attached hydrogen (secondary N) is 1. The molecular weight excluding hydrogens is 356 g/mol. The van der Waals surface area contributed by atoms with Crippen LogP contribution >= 0.6 is 23.1 Å². The fourth-order valence-corrected chi connectivity index (χ4v) is 3.71. The summed E-state index contributed by atoms with van der Waals surface area (Å²) in [4.78, 5) is 13.4. The van der Waals surface area contributed by atoms with Gasteiger partial charge >= 0.3 is 0 Å². The molecule has 8 heteroatoms. The van der Waals surface area contributed by atoms with Crippen molar-refractivity contribution in [3.8, 4) is 17.1 Å². The Balaban J connectivity index is 1.64. The van der Waals surface area contributed by atoms with Crippen LogP contribution in [0.2, 0.25) is 0 Å². The van der Waals surface area contributed by atoms with Gasteiger partial charge in [0.15, 0.2) is 11.0 Å². The predicted octanol–water partition coefficient (Wildman–Crippen LogP) is 3.59. The molecule has 0 aliphatic rings. The van der Waals surface area contributed by atoms with E-state index in [0.29, 0.717) is 16.6 Å². The molecule has 3 rings (SSSR count). The van der Waals surface area contributed by atoms with Crippen molar-refractivity contribution in [1.82, 2.24) is 14.8 Å². The lowest BCUT2D eigenvalue weighted by atomic mass is 10.3. The van der Waals surface area contributed by atoms with Gasteiger partial charge in [-0.1, -0.05) is 23.9 Å². The van der Waals surface area contributed by atoms with E-state index in [1.54, 1.807) is 30.6 Å². The second kappa shape index (κ2) is 7.71. The molecule has 25 heavy (non-hydrogen) atoms. The molecule has 2 aromatic heterocycles. The predicted molar refractivity (Wildman–Crippen MR) is 101 cm³/mol. The minimum atomic E-state index is -0.120. The summed E-state index contributed by atoms with van der Waals surface area (Å²) < 4.78 is 7.14. The second-order valence-electron chi connectivity index (χ2n) is 5.35. The van der Waals surface area contributed by atoms with E-state index in [9.17, 15) is 4.79 Å². The number of para-hydroxylation sites is 2. The topological polar surface area (TPSA) is 69.0 Å². The lowest BCUT2D eigenvalue weighted by Gasteiger charge is -2.09. The number of benzene rings is 1. The van der Waals surface area contributed by atoms with E-state index in [1.165, 1.54) is 16.6 Å². The Kier molecular flexibility index (Phi) is 5.40. The Morgan fingerprint density at radius 1 is 1.36 bits per heavy atom. The summed E-state index contributed by atoms with van der Waals surface area (Å²) in [6.07, 6.45) is 0. The number of anilines is 1. The largest absolute Gasteiger partial charge is 0.495 e. The van der Waals surface area contributed by atoms with Crippen LogP contribution in [0.3, 0.4) is 0 Å². The van der Waals surface area contributed by atoms with Crippen LogP contribution in [-0.2, 0) is 11.8 Å². The van der Waals surface area contributed by atoms with Crippen molar-refractivity contribution in [2.75, 3.05) is 18.2 Å². The Bertz CT molecular complexity index is 888. The molecule has 0 unspecified atom stereocenters. The first-order chi connectivity index (χ1) is 12.1. The molecule has 0 bridgehead atoms. The van der Waals surface area contributed by atoms with Gasteiger partial charge in [0.25, 0.3) is 0 Å². The summed E-state index contributed by atoms with van der Waals surface area (Å²) in [6, 6.07) is 9.40. The number of aryl methyl sites for hydroxylation is 1. The van der Waals surface area contributed by atoms with Crippen LogP contribution in [0.1, 0.15) is 4.88 Å². The van der Waals surface area contributed by atoms with Gasteiger partial charge in [0.1, 0.15) is 5.75 Å². The third-order valence-corrected chi connectivity index (χ3v) is 5.42. The highest BCUT2D eigenvalue weighted by Crippen LogP contribution is 2.27. The highest BCUT2D eigenvalue weighted by Gasteiger charge is 2.14. The zero-order valence-electron chi connectivity index (χ0n) is 14.1. The number of rotatable bonds is 6. The number of carbonyl (C=O) groups is 1. The summed E-state index contributed by atoms with van der Waals surface area (Å²) in [6.45, 7) is 2.06. The average Bonchev–Trinajstić information content (AvgIpc) is 3.19. The summed E-state index contributed by atoms with van der Waals surface area (Å²) in [7, 11) is 3.48. The van der Waals surface area contributed by atoms with Crippen molar-refractivity contribution in [2.45, 2.75) is 12.1 Å². The number of amides is 1. The van der Waals surface area contributed by atoms with Gasteiger partial charge in [-0.2, -0.15) is 0 Å². The molecule has 3 aromatic rings. The van der Waals surface area contributed by atoms with Crippen molar-refractivity contribution in [2.24, 2.45) is 7.05 Å². The molecule has 0 aliphatic carbocycles. The molecule has 1 amide bonds. The first kappa shape index (κ1) is 17.5. The maximum atomic E-state index is 12.2. The van der Waals surface area contributed by atoms with Crippen molar-refractivity contribution >= 4 is 34.7 Å². The van der Waals surface area contributed by atoms with Crippen molar-refractivity contribution in [1.29, 1.82) is 0 Å². The van der Waals surface area contributed by atoms with Gasteiger partial charge < -0.3 is 14.6 Å². The van der Waals surface area contributed by atoms with Crippen LogP contribution in [0, 0.1) is 6.92 Å². The number of hydrogen-bond acceptors (Lipinski definition) is 6. The van der Waals surface area contributed by atoms with Crippen LogP contribution in [0.4, 0.5) is 5.69 Å². The fourth-order valence-electron chi connectivity index (χ4n) is 2.32. The first-order valence-corrected chi connectivity index (χ1v) is 9.45. The maximum absolute atomic E-state index is 12.2. The monoisotopic (exact) mass is 374 g/mol. The number of hydrogen-bond donors (Lipinski definition) is 1. The lowest BCUT2D eigenvalue weighted by molar-refractivity contribution is -0.113. The molecule has 130 valence electrons. The standard InChI is InChI=1S/C17H18N4O2S2/c1-11-8-12(9-24-11)16-19-20-17(21(16)2)25-10-15(22)18-13-6-4-5-7-14(13)23-3/h4-9H,10H2,1-3H3,(H,18,22). The number of methoxy groups -OCH3 is 1. The van der Waals surface area contributed by atoms with Crippen molar-refractivity contribution < 1.29 is 9.53 Å². The van der Waals surface area contributed by atoms with Crippen molar-refractivity contribution in [3.63, 3.8) is 0 Å². The molecule has 0 saturated carbocycles. The quantitative estimate of drug-likeness (QED) is 0.668. The molecule has 2 heterocycles. The fraction of sp³-hybridized carbons (Fsp3) is 0.235. The summed E-state index contributed by atoms with van der Waals surface area (Å²) in [5, 5.41) is 14.0. The molecule has 0 aliphatic heterocycles. The van der Waals surface area contributed by atoms with E-state index in [-0.39, 0.29) is 11.7 Å². The van der Waals surface area contributed by atoms with Gasteiger partial charge in [0.05, 0.1) is 18.6 Å². The van der Waals surface area contributed by atoms with Gasteiger partial charge in [0, 0.05) is 22.9 Å². The van der Waals surface area contributed by atoms with Crippen LogP contribution in [0.15, 0.2) is 40.9 Å². The normalized spacial score (nSPS) is 10.7. The van der Waals surface area contributed by atoms with Gasteiger partial charge in [-0.3, -0.25) is 4.79 Å². The SMILES string of the molecule is COc1ccccc1NC(=O)CSc1nnc(-c2csc(C)c2)n1C. The first-order valence-electron chi connectivity index (χ1n) is 7.59. The van der Waals surface area contributed by atoms with Gasteiger partial charge in [-0.15, -0.1) is 21.5 Å². The van der Waals surface area contributed by atoms with Crippen LogP contribution in [0.5, 0.6) is 5.75 Å². The highest BCUT2D eigenvalue weighted by molar-refractivity contribution is 7.99. The number of aromatic nitrogens is 3. The van der Waals surface area contributed by atoms with E-state index in [4.69, 9.17) is 4.74 Å². The Hall–Kier alpha value is -2.32. The average molecular weight is 374 g/mol. The molecule has 1 aromatic carbocycles. The Morgan fingerprint density at radius 2 is 2.16 bits per heavy atom. The second-order valence-corrected chi connectivity index (χ2v) is 7.41. The van der Waals surface area contributed by atoms with Crippen LogP contribution < -0.4 is 10.1 Å². The number of nitrogens with zero attached hydrogens (tertiary/aromatic N) is 3. The molecular formula is C17H18N4O2S2. The van der Waals surface area contributed by atoms with E-state index < -0.39 is 0 Å². The van der Waals surface area contributed by atoms with Crippen molar-refractivity contribution in [3.05, 3.63) is 40.6 Å². The molecule has 6 nitrogen and oxygen atoms in total. The number of ether oxygens (including phenoxy) is 1. The molecule has 0 fully saturated rings. The Morgan fingerprint density at radius 3 is 2.88 bits per heavy atom. The van der Waals surface area contributed by atoms with E-state index in [0.717, 1.165) is 11.4 Å². The molecule has 0 spiro atoms. The van der Waals surface area contributed by atoms with Gasteiger partial charge in [0.2, 0.25) is 5.91 Å². The molecule has 0 atom stereocenters. The smallest absolute Gasteiger partial charge is 0.234 e. The zero-order chi connectivity index (χ0) is 17.8. The lowest BCUT2D eigenvalue weighted by Crippen LogP contribution is -2.15. The van der Waals surface area contributed by atoms with Gasteiger partial charge in [-0.05, 0) is 25.1 Å². The number of thiophene rings is 1. The van der Waals surface area contributed by atoms with E-state index >= 15 is 0 Å². The third-order valence-electron chi connectivity index (χ3n) is 3.54. The van der Waals surface area contributed by atoms with Crippen LogP contribution in [-0.4, -0.2) is 33.5 Å². The zero-order valence-corrected chi connectivity index (χ0v) is 15.8. The minimum Gasteiger partial charge on any atom is -0.495 e. The Labute approximate surface area is 154 Å². The third kappa shape index (κ3) is 4.02. The summed E-state index contributed by atoms with van der Waals surface area (Å²) in [5.74, 6) is 1.56. The molecule has 0 radical (unpaired) electrons. The van der Waals surface area contributed by atoms with E-state index in [1.807, 2.05) is 23.7 Å². The minimum absolute atomic E-state index is 0.120. The van der Waals surface area contributed by atoms with Gasteiger partial charge in [-0.25, -0.2) is 0 Å². The van der Waals surface area contributed by atoms with E-state index in [2.05, 4.69) is 33.9 Å². The maximum Gasteiger partial charge on any atom is 0.234 e. The summed E-state index contributed by atoms with van der Waals surface area (Å²) >= 11 is 3.03. The molecule has 0 saturated heterocycles. The van der Waals surface area contributed by atoms with Crippen LogP contribution in [0.25, 0.3) is 11.4 Å². The summed E-state index contributed by atoms with van der Waals surface area (Å²) in [5.41, 5.74) is 1.70. The molecule has 1 N–H and O–H groups in total.